The maximum absolute atomic E-state index is 13.7. The van der Waals surface area contributed by atoms with E-state index >= 15 is 0 Å². The summed E-state index contributed by atoms with van der Waals surface area (Å²) in [5, 5.41) is -0.606. The van der Waals surface area contributed by atoms with Crippen LogP contribution in [0.15, 0.2) is 47.6 Å². The minimum absolute atomic E-state index is 0.118. The number of pyridine rings is 1. The Hall–Kier alpha value is -2.15. The molecule has 5 nitrogen and oxygen atoms in total. The van der Waals surface area contributed by atoms with Crippen LogP contribution in [0.5, 0.6) is 0 Å². The molecule has 2 N–H and O–H groups in total. The Morgan fingerprint density at radius 2 is 1.95 bits per heavy atom. The van der Waals surface area contributed by atoms with E-state index in [0.717, 1.165) is 10.4 Å². The van der Waals surface area contributed by atoms with Gasteiger partial charge in [-0.1, -0.05) is 12.1 Å². The predicted molar refractivity (Wildman–Crippen MR) is 75.3 cm³/mol. The van der Waals surface area contributed by atoms with Gasteiger partial charge in [0.05, 0.1) is 11.4 Å². The molecule has 0 fully saturated rings. The van der Waals surface area contributed by atoms with Crippen molar-refractivity contribution < 1.29 is 12.8 Å². The van der Waals surface area contributed by atoms with Crippen molar-refractivity contribution in [2.75, 3.05) is 16.6 Å². The van der Waals surface area contributed by atoms with E-state index in [2.05, 4.69) is 4.98 Å². The Morgan fingerprint density at radius 1 is 1.25 bits per heavy atom. The van der Waals surface area contributed by atoms with Crippen molar-refractivity contribution >= 4 is 21.4 Å². The zero-order valence-electron chi connectivity index (χ0n) is 10.8. The maximum Gasteiger partial charge on any atom is 0.284 e. The lowest BCUT2D eigenvalue weighted by Gasteiger charge is -2.23. The first-order valence-electron chi connectivity index (χ1n) is 5.96. The van der Waals surface area contributed by atoms with Crippen molar-refractivity contribution in [3.8, 4) is 0 Å². The first kappa shape index (κ1) is 14.3. The molecule has 0 amide bonds. The topological polar surface area (TPSA) is 76.3 Å². The summed E-state index contributed by atoms with van der Waals surface area (Å²) in [4.78, 5) is 3.63. The van der Waals surface area contributed by atoms with Crippen molar-refractivity contribution in [2.24, 2.45) is 0 Å². The standard InChI is InChI=1S/C13H14FN3O2S/c1-2-17(12-8-4-3-7-11(12)15)20(18,19)13-10(14)6-5-9-16-13/h3-9H,2,15H2,1H3. The normalized spacial score (nSPS) is 11.3. The third-order valence-corrected chi connectivity index (χ3v) is 4.58. The predicted octanol–water partition coefficient (Wildman–Crippen LogP) is 2.02. The van der Waals surface area contributed by atoms with Gasteiger partial charge in [-0.05, 0) is 31.2 Å². The molecule has 0 atom stereocenters. The van der Waals surface area contributed by atoms with E-state index in [1.165, 1.54) is 12.3 Å². The van der Waals surface area contributed by atoms with Gasteiger partial charge in [0.1, 0.15) is 0 Å². The van der Waals surface area contributed by atoms with Gasteiger partial charge in [-0.25, -0.2) is 9.37 Å². The average molecular weight is 295 g/mol. The number of hydrogen-bond acceptors (Lipinski definition) is 4. The number of para-hydroxylation sites is 2. The SMILES string of the molecule is CCN(c1ccccc1N)S(=O)(=O)c1ncccc1F. The van der Waals surface area contributed by atoms with E-state index in [9.17, 15) is 12.8 Å². The van der Waals surface area contributed by atoms with Crippen LogP contribution in [0.1, 0.15) is 6.92 Å². The Kier molecular flexibility index (Phi) is 3.89. The number of nitrogen functional groups attached to an aromatic ring is 1. The fourth-order valence-electron chi connectivity index (χ4n) is 1.85. The molecule has 0 radical (unpaired) electrons. The summed E-state index contributed by atoms with van der Waals surface area (Å²) in [6, 6.07) is 8.91. The Morgan fingerprint density at radius 3 is 2.55 bits per heavy atom. The molecule has 2 rings (SSSR count). The van der Waals surface area contributed by atoms with Crippen LogP contribution in [0.2, 0.25) is 0 Å². The molecule has 0 bridgehead atoms. The number of hydrogen-bond donors (Lipinski definition) is 1. The number of halogens is 1. The van der Waals surface area contributed by atoms with E-state index in [4.69, 9.17) is 5.73 Å². The molecular weight excluding hydrogens is 281 g/mol. The number of rotatable bonds is 4. The Labute approximate surface area is 116 Å². The first-order chi connectivity index (χ1) is 9.48. The first-order valence-corrected chi connectivity index (χ1v) is 7.40. The molecule has 7 heteroatoms. The maximum atomic E-state index is 13.7. The van der Waals surface area contributed by atoms with E-state index < -0.39 is 20.9 Å². The van der Waals surface area contributed by atoms with Gasteiger partial charge in [-0.2, -0.15) is 8.42 Å². The Balaban J connectivity index is 2.58. The Bertz CT molecular complexity index is 719. The summed E-state index contributed by atoms with van der Waals surface area (Å²) in [6.45, 7) is 1.76. The fourth-order valence-corrected chi connectivity index (χ4v) is 3.33. The van der Waals surface area contributed by atoms with Crippen LogP contribution in [0.4, 0.5) is 15.8 Å². The minimum Gasteiger partial charge on any atom is -0.397 e. The van der Waals surface area contributed by atoms with E-state index in [1.807, 2.05) is 0 Å². The summed E-state index contributed by atoms with van der Waals surface area (Å²) in [5.41, 5.74) is 6.40. The van der Waals surface area contributed by atoms with Gasteiger partial charge in [0.15, 0.2) is 5.82 Å². The van der Waals surface area contributed by atoms with Gasteiger partial charge in [-0.15, -0.1) is 0 Å². The highest BCUT2D eigenvalue weighted by molar-refractivity contribution is 7.92. The molecule has 0 aliphatic carbocycles. The summed E-state index contributed by atoms with van der Waals surface area (Å²) in [6.07, 6.45) is 1.23. The van der Waals surface area contributed by atoms with Crippen molar-refractivity contribution in [3.63, 3.8) is 0 Å². The van der Waals surface area contributed by atoms with Crippen LogP contribution in [-0.4, -0.2) is 19.9 Å². The number of benzene rings is 1. The monoisotopic (exact) mass is 295 g/mol. The van der Waals surface area contributed by atoms with Crippen LogP contribution >= 0.6 is 0 Å². The molecule has 20 heavy (non-hydrogen) atoms. The van der Waals surface area contributed by atoms with Crippen LogP contribution in [0.3, 0.4) is 0 Å². The van der Waals surface area contributed by atoms with Gasteiger partial charge in [0, 0.05) is 12.7 Å². The van der Waals surface area contributed by atoms with Crippen LogP contribution < -0.4 is 10.0 Å². The van der Waals surface area contributed by atoms with Crippen molar-refractivity contribution in [1.82, 2.24) is 4.98 Å². The second-order valence-electron chi connectivity index (χ2n) is 4.02. The minimum atomic E-state index is -4.09. The molecule has 1 aromatic carbocycles. The molecule has 1 heterocycles. The van der Waals surface area contributed by atoms with Crippen molar-refractivity contribution in [3.05, 3.63) is 48.4 Å². The highest BCUT2D eigenvalue weighted by Crippen LogP contribution is 2.28. The van der Waals surface area contributed by atoms with Gasteiger partial charge >= 0.3 is 0 Å². The summed E-state index contributed by atoms with van der Waals surface area (Å²) in [5.74, 6) is -0.888. The number of sulfonamides is 1. The molecule has 0 saturated carbocycles. The van der Waals surface area contributed by atoms with Gasteiger partial charge < -0.3 is 5.73 Å². The van der Waals surface area contributed by atoms with Gasteiger partial charge in [-0.3, -0.25) is 4.31 Å². The lowest BCUT2D eigenvalue weighted by Crippen LogP contribution is -2.32. The summed E-state index contributed by atoms with van der Waals surface area (Å²) >= 11 is 0. The lowest BCUT2D eigenvalue weighted by atomic mass is 10.3. The fraction of sp³-hybridized carbons (Fsp3) is 0.154. The zero-order chi connectivity index (χ0) is 14.8. The van der Waals surface area contributed by atoms with Gasteiger partial charge in [0.2, 0.25) is 5.03 Å². The third kappa shape index (κ3) is 2.44. The average Bonchev–Trinajstić information content (AvgIpc) is 2.42. The van der Waals surface area contributed by atoms with E-state index in [1.54, 1.807) is 31.2 Å². The molecule has 1 aromatic heterocycles. The number of anilines is 2. The molecule has 0 unspecified atom stereocenters. The second-order valence-corrected chi connectivity index (χ2v) is 5.80. The van der Waals surface area contributed by atoms with E-state index in [0.29, 0.717) is 11.4 Å². The number of nitrogens with zero attached hydrogens (tertiary/aromatic N) is 2. The van der Waals surface area contributed by atoms with Crippen LogP contribution in [0, 0.1) is 5.82 Å². The van der Waals surface area contributed by atoms with Crippen molar-refractivity contribution in [1.29, 1.82) is 0 Å². The molecule has 0 spiro atoms. The highest BCUT2D eigenvalue weighted by Gasteiger charge is 2.29. The quantitative estimate of drug-likeness (QED) is 0.875. The smallest absolute Gasteiger partial charge is 0.284 e. The second kappa shape index (κ2) is 5.46. The molecule has 0 saturated heterocycles. The summed E-state index contributed by atoms with van der Waals surface area (Å²) in [7, 11) is -4.09. The zero-order valence-corrected chi connectivity index (χ0v) is 11.6. The number of nitrogens with two attached hydrogens (primary N) is 1. The third-order valence-electron chi connectivity index (χ3n) is 2.75. The highest BCUT2D eigenvalue weighted by atomic mass is 32.2. The molecule has 106 valence electrons. The van der Waals surface area contributed by atoms with Crippen molar-refractivity contribution in [2.45, 2.75) is 11.9 Å². The van der Waals surface area contributed by atoms with Gasteiger partial charge in [0.25, 0.3) is 10.0 Å². The lowest BCUT2D eigenvalue weighted by molar-refractivity contribution is 0.551. The molecule has 0 aliphatic rings. The largest absolute Gasteiger partial charge is 0.397 e. The van der Waals surface area contributed by atoms with Crippen LogP contribution in [0.25, 0.3) is 0 Å². The summed E-state index contributed by atoms with van der Waals surface area (Å²) < 4.78 is 39.7. The number of aromatic nitrogens is 1. The molecule has 0 aliphatic heterocycles. The molecule has 2 aromatic rings. The molecular formula is C13H14FN3O2S. The van der Waals surface area contributed by atoms with E-state index in [-0.39, 0.29) is 6.54 Å². The van der Waals surface area contributed by atoms with Crippen LogP contribution in [-0.2, 0) is 10.0 Å².